The van der Waals surface area contributed by atoms with Crippen LogP contribution >= 0.6 is 0 Å². The third-order valence-electron chi connectivity index (χ3n) is 2.35. The summed E-state index contributed by atoms with van der Waals surface area (Å²) in [6, 6.07) is 11.0. The van der Waals surface area contributed by atoms with Crippen molar-refractivity contribution >= 4 is 6.21 Å². The first-order valence-corrected chi connectivity index (χ1v) is 4.67. The molecule has 1 aromatic carbocycles. The van der Waals surface area contributed by atoms with Crippen molar-refractivity contribution in [1.29, 1.82) is 0 Å². The summed E-state index contributed by atoms with van der Waals surface area (Å²) in [6.07, 6.45) is 3.88. The maximum absolute atomic E-state index is 5.73. The van der Waals surface area contributed by atoms with E-state index in [9.17, 15) is 0 Å². The Bertz CT molecular complexity index is 292. The molecule has 2 nitrogen and oxygen atoms in total. The van der Waals surface area contributed by atoms with Gasteiger partial charge in [0.2, 0.25) is 0 Å². The molecule has 0 amide bonds. The maximum atomic E-state index is 5.73. The molecule has 0 saturated heterocycles. The molecule has 0 radical (unpaired) electrons. The summed E-state index contributed by atoms with van der Waals surface area (Å²) in [5.41, 5.74) is 7.08. The number of nitrogens with zero attached hydrogens (tertiary/aromatic N) is 1. The molecule has 1 heterocycles. The highest BCUT2D eigenvalue weighted by Crippen LogP contribution is 2.13. The van der Waals surface area contributed by atoms with Crippen LogP contribution in [0.5, 0.6) is 0 Å². The van der Waals surface area contributed by atoms with Crippen molar-refractivity contribution < 1.29 is 0 Å². The van der Waals surface area contributed by atoms with Crippen LogP contribution < -0.4 is 5.73 Å². The van der Waals surface area contributed by atoms with Gasteiger partial charge < -0.3 is 5.73 Å². The normalized spacial score (nSPS) is 26.5. The standard InChI is InChI=1S/C11H14N2/c12-10-7-11(13-8-10)6-9-4-2-1-3-5-9/h1-5,8,10-11H,6-7,12H2. The van der Waals surface area contributed by atoms with E-state index in [-0.39, 0.29) is 6.04 Å². The average molecular weight is 174 g/mol. The van der Waals surface area contributed by atoms with Gasteiger partial charge in [-0.25, -0.2) is 0 Å². The van der Waals surface area contributed by atoms with Gasteiger partial charge in [-0.2, -0.15) is 0 Å². The molecule has 0 bridgehead atoms. The van der Waals surface area contributed by atoms with Crippen molar-refractivity contribution in [2.75, 3.05) is 0 Å². The molecule has 2 rings (SSSR count). The van der Waals surface area contributed by atoms with Crippen LogP contribution in [0.1, 0.15) is 12.0 Å². The SMILES string of the molecule is NC1C=NC(Cc2ccccc2)C1. The Balaban J connectivity index is 1.96. The van der Waals surface area contributed by atoms with Gasteiger partial charge in [0, 0.05) is 12.3 Å². The molecule has 0 aromatic heterocycles. The fourth-order valence-corrected chi connectivity index (χ4v) is 1.69. The van der Waals surface area contributed by atoms with E-state index in [4.69, 9.17) is 5.73 Å². The van der Waals surface area contributed by atoms with Gasteiger partial charge in [-0.3, -0.25) is 4.99 Å². The number of hydrogen-bond donors (Lipinski definition) is 1. The Labute approximate surface area is 78.5 Å². The van der Waals surface area contributed by atoms with E-state index in [1.54, 1.807) is 0 Å². The molecule has 1 aliphatic rings. The van der Waals surface area contributed by atoms with Gasteiger partial charge in [0.15, 0.2) is 0 Å². The minimum atomic E-state index is 0.175. The van der Waals surface area contributed by atoms with E-state index >= 15 is 0 Å². The first-order valence-electron chi connectivity index (χ1n) is 4.67. The maximum Gasteiger partial charge on any atom is 0.0555 e. The van der Waals surface area contributed by atoms with Gasteiger partial charge in [0.05, 0.1) is 6.04 Å². The summed E-state index contributed by atoms with van der Waals surface area (Å²) in [4.78, 5) is 4.36. The second-order valence-corrected chi connectivity index (χ2v) is 3.54. The number of rotatable bonds is 2. The number of aliphatic imine (C=N–C) groups is 1. The third kappa shape index (κ3) is 2.16. The number of benzene rings is 1. The highest BCUT2D eigenvalue weighted by Gasteiger charge is 2.16. The van der Waals surface area contributed by atoms with E-state index in [0.29, 0.717) is 6.04 Å². The fourth-order valence-electron chi connectivity index (χ4n) is 1.69. The molecule has 2 atom stereocenters. The van der Waals surface area contributed by atoms with Crippen LogP contribution in [-0.4, -0.2) is 18.3 Å². The lowest BCUT2D eigenvalue weighted by molar-refractivity contribution is 0.632. The second-order valence-electron chi connectivity index (χ2n) is 3.54. The van der Waals surface area contributed by atoms with E-state index in [1.165, 1.54) is 5.56 Å². The predicted molar refractivity (Wildman–Crippen MR) is 55.0 cm³/mol. The molecule has 2 N–H and O–H groups in total. The third-order valence-corrected chi connectivity index (χ3v) is 2.35. The van der Waals surface area contributed by atoms with Crippen molar-refractivity contribution in [2.24, 2.45) is 10.7 Å². The number of nitrogens with two attached hydrogens (primary N) is 1. The van der Waals surface area contributed by atoms with Crippen LogP contribution in [0.25, 0.3) is 0 Å². The van der Waals surface area contributed by atoms with E-state index in [2.05, 4.69) is 29.3 Å². The Kier molecular flexibility index (Phi) is 2.41. The molecule has 0 aliphatic carbocycles. The Morgan fingerprint density at radius 1 is 1.31 bits per heavy atom. The lowest BCUT2D eigenvalue weighted by atomic mass is 10.0. The summed E-state index contributed by atoms with van der Waals surface area (Å²) in [5.74, 6) is 0. The molecule has 2 unspecified atom stereocenters. The molecule has 0 spiro atoms. The van der Waals surface area contributed by atoms with Crippen molar-refractivity contribution in [3.05, 3.63) is 35.9 Å². The first kappa shape index (κ1) is 8.45. The zero-order chi connectivity index (χ0) is 9.10. The van der Waals surface area contributed by atoms with Crippen LogP contribution in [0.4, 0.5) is 0 Å². The minimum absolute atomic E-state index is 0.175. The fraction of sp³-hybridized carbons (Fsp3) is 0.364. The van der Waals surface area contributed by atoms with Gasteiger partial charge in [-0.15, -0.1) is 0 Å². The predicted octanol–water partition coefficient (Wildman–Crippen LogP) is 1.40. The largest absolute Gasteiger partial charge is 0.323 e. The van der Waals surface area contributed by atoms with Gasteiger partial charge in [0.1, 0.15) is 0 Å². The highest BCUT2D eigenvalue weighted by atomic mass is 14.9. The summed E-state index contributed by atoms with van der Waals surface area (Å²) in [5, 5.41) is 0. The molecular formula is C11H14N2. The Morgan fingerprint density at radius 2 is 2.08 bits per heavy atom. The molecule has 1 aromatic rings. The van der Waals surface area contributed by atoms with Gasteiger partial charge in [-0.05, 0) is 18.4 Å². The van der Waals surface area contributed by atoms with Crippen LogP contribution in [-0.2, 0) is 6.42 Å². The molecule has 0 saturated carbocycles. The molecule has 13 heavy (non-hydrogen) atoms. The lowest BCUT2D eigenvalue weighted by Gasteiger charge is -2.07. The smallest absolute Gasteiger partial charge is 0.0555 e. The molecule has 2 heteroatoms. The topological polar surface area (TPSA) is 38.4 Å². The average Bonchev–Trinajstić information content (AvgIpc) is 2.53. The second kappa shape index (κ2) is 3.71. The van der Waals surface area contributed by atoms with Crippen LogP contribution in [0, 0.1) is 0 Å². The highest BCUT2D eigenvalue weighted by molar-refractivity contribution is 5.66. The summed E-state index contributed by atoms with van der Waals surface area (Å²) in [6.45, 7) is 0. The monoisotopic (exact) mass is 174 g/mol. The summed E-state index contributed by atoms with van der Waals surface area (Å²) in [7, 11) is 0. The lowest BCUT2D eigenvalue weighted by Crippen LogP contribution is -2.20. The summed E-state index contributed by atoms with van der Waals surface area (Å²) < 4.78 is 0. The van der Waals surface area contributed by atoms with Gasteiger partial charge in [-0.1, -0.05) is 30.3 Å². The zero-order valence-electron chi connectivity index (χ0n) is 7.56. The summed E-state index contributed by atoms with van der Waals surface area (Å²) >= 11 is 0. The van der Waals surface area contributed by atoms with Crippen LogP contribution in [0.3, 0.4) is 0 Å². The van der Waals surface area contributed by atoms with Crippen molar-refractivity contribution in [3.8, 4) is 0 Å². The van der Waals surface area contributed by atoms with Crippen molar-refractivity contribution in [1.82, 2.24) is 0 Å². The molecule has 68 valence electrons. The van der Waals surface area contributed by atoms with Crippen LogP contribution in [0.15, 0.2) is 35.3 Å². The van der Waals surface area contributed by atoms with E-state index < -0.39 is 0 Å². The molecular weight excluding hydrogens is 160 g/mol. The van der Waals surface area contributed by atoms with Gasteiger partial charge in [0.25, 0.3) is 0 Å². The minimum Gasteiger partial charge on any atom is -0.323 e. The van der Waals surface area contributed by atoms with E-state index in [1.807, 2.05) is 12.3 Å². The van der Waals surface area contributed by atoms with Crippen molar-refractivity contribution in [2.45, 2.75) is 24.9 Å². The Morgan fingerprint density at radius 3 is 2.69 bits per heavy atom. The van der Waals surface area contributed by atoms with Gasteiger partial charge >= 0.3 is 0 Å². The Hall–Kier alpha value is -1.15. The zero-order valence-corrected chi connectivity index (χ0v) is 7.56. The van der Waals surface area contributed by atoms with Crippen LogP contribution in [0.2, 0.25) is 0 Å². The quantitative estimate of drug-likeness (QED) is 0.723. The number of hydrogen-bond acceptors (Lipinski definition) is 2. The van der Waals surface area contributed by atoms with E-state index in [0.717, 1.165) is 12.8 Å². The first-order chi connectivity index (χ1) is 6.34. The molecule has 0 fully saturated rings. The van der Waals surface area contributed by atoms with Crippen molar-refractivity contribution in [3.63, 3.8) is 0 Å². The molecule has 1 aliphatic heterocycles.